The van der Waals surface area contributed by atoms with E-state index in [1.807, 2.05) is 32.0 Å². The molecule has 1 fully saturated rings. The van der Waals surface area contributed by atoms with Crippen LogP contribution in [0.1, 0.15) is 50.4 Å². The monoisotopic (exact) mass is 349 g/mol. The highest BCUT2D eigenvalue weighted by atomic mass is 16.7. The fraction of sp³-hybridized carbons (Fsp3) is 0.579. The zero-order valence-electron chi connectivity index (χ0n) is 15.1. The number of esters is 1. The molecule has 1 saturated heterocycles. The summed E-state index contributed by atoms with van der Waals surface area (Å²) in [6.45, 7) is 6.31. The van der Waals surface area contributed by atoms with Crippen LogP contribution in [0.3, 0.4) is 0 Å². The third kappa shape index (κ3) is 6.48. The number of carbonyl (C=O) groups is 2. The largest absolute Gasteiger partial charge is 0.466 e. The number of hydrogen-bond donors (Lipinski definition) is 1. The highest BCUT2D eigenvalue weighted by molar-refractivity contribution is 5.94. The van der Waals surface area contributed by atoms with Crippen molar-refractivity contribution in [2.24, 2.45) is 0 Å². The molecule has 0 aliphatic carbocycles. The molecule has 1 N–H and O–H groups in total. The van der Waals surface area contributed by atoms with E-state index in [0.29, 0.717) is 31.6 Å². The maximum Gasteiger partial charge on any atom is 0.308 e. The number of rotatable bonds is 7. The van der Waals surface area contributed by atoms with Crippen LogP contribution in [-0.2, 0) is 19.0 Å². The first-order valence-corrected chi connectivity index (χ1v) is 8.74. The molecule has 138 valence electrons. The average Bonchev–Trinajstić information content (AvgIpc) is 2.54. The zero-order valence-corrected chi connectivity index (χ0v) is 15.1. The van der Waals surface area contributed by atoms with Crippen molar-refractivity contribution in [3.05, 3.63) is 35.9 Å². The number of nitrogens with one attached hydrogen (secondary N) is 1. The molecule has 0 radical (unpaired) electrons. The summed E-state index contributed by atoms with van der Waals surface area (Å²) in [5.74, 6) is -1.12. The van der Waals surface area contributed by atoms with E-state index in [9.17, 15) is 9.59 Å². The Balaban J connectivity index is 1.82. The summed E-state index contributed by atoms with van der Waals surface area (Å²) < 4.78 is 16.7. The van der Waals surface area contributed by atoms with E-state index in [0.717, 1.165) is 0 Å². The molecule has 1 aromatic carbocycles. The van der Waals surface area contributed by atoms with Crippen LogP contribution in [0, 0.1) is 0 Å². The van der Waals surface area contributed by atoms with Crippen LogP contribution in [0.4, 0.5) is 0 Å². The molecule has 1 aromatic rings. The average molecular weight is 349 g/mol. The molecule has 2 atom stereocenters. The number of amides is 1. The number of benzene rings is 1. The van der Waals surface area contributed by atoms with Gasteiger partial charge in [0.1, 0.15) is 0 Å². The summed E-state index contributed by atoms with van der Waals surface area (Å²) in [4.78, 5) is 23.7. The molecular weight excluding hydrogens is 322 g/mol. The first-order valence-electron chi connectivity index (χ1n) is 8.74. The van der Waals surface area contributed by atoms with Gasteiger partial charge >= 0.3 is 5.97 Å². The first-order chi connectivity index (χ1) is 11.9. The second kappa shape index (κ2) is 8.97. The highest BCUT2D eigenvalue weighted by Crippen LogP contribution is 2.29. The van der Waals surface area contributed by atoms with Crippen molar-refractivity contribution in [2.45, 2.75) is 58.0 Å². The summed E-state index contributed by atoms with van der Waals surface area (Å²) in [6.07, 6.45) is 1.15. The van der Waals surface area contributed by atoms with Crippen molar-refractivity contribution in [3.8, 4) is 0 Å². The van der Waals surface area contributed by atoms with Crippen molar-refractivity contribution < 1.29 is 23.8 Å². The van der Waals surface area contributed by atoms with Crippen LogP contribution < -0.4 is 5.32 Å². The van der Waals surface area contributed by atoms with E-state index in [1.54, 1.807) is 19.1 Å². The summed E-state index contributed by atoms with van der Waals surface area (Å²) in [5, 5.41) is 2.90. The summed E-state index contributed by atoms with van der Waals surface area (Å²) in [5.41, 5.74) is 0.635. The third-order valence-electron chi connectivity index (χ3n) is 3.91. The minimum Gasteiger partial charge on any atom is -0.466 e. The van der Waals surface area contributed by atoms with Gasteiger partial charge in [-0.2, -0.15) is 0 Å². The smallest absolute Gasteiger partial charge is 0.308 e. The van der Waals surface area contributed by atoms with Gasteiger partial charge in [-0.3, -0.25) is 9.59 Å². The van der Waals surface area contributed by atoms with Gasteiger partial charge in [-0.25, -0.2) is 0 Å². The van der Waals surface area contributed by atoms with Gasteiger partial charge in [0.15, 0.2) is 5.79 Å². The molecule has 0 unspecified atom stereocenters. The van der Waals surface area contributed by atoms with E-state index in [1.165, 1.54) is 0 Å². The Morgan fingerprint density at radius 2 is 1.88 bits per heavy atom. The van der Waals surface area contributed by atoms with E-state index < -0.39 is 5.79 Å². The molecular formula is C19H27NO5. The van der Waals surface area contributed by atoms with E-state index >= 15 is 0 Å². The van der Waals surface area contributed by atoms with Gasteiger partial charge in [0, 0.05) is 18.5 Å². The highest BCUT2D eigenvalue weighted by Gasteiger charge is 2.36. The van der Waals surface area contributed by atoms with E-state index in [-0.39, 0.29) is 30.5 Å². The number of hydrogen-bond acceptors (Lipinski definition) is 5. The lowest BCUT2D eigenvalue weighted by molar-refractivity contribution is -0.300. The Kier molecular flexibility index (Phi) is 6.96. The van der Waals surface area contributed by atoms with Gasteiger partial charge in [0.2, 0.25) is 0 Å². The molecule has 2 rings (SSSR count). The number of carbonyl (C=O) groups excluding carboxylic acids is 2. The fourth-order valence-electron chi connectivity index (χ4n) is 2.97. The van der Waals surface area contributed by atoms with Gasteiger partial charge in [-0.15, -0.1) is 0 Å². The summed E-state index contributed by atoms with van der Waals surface area (Å²) in [6, 6.07) is 9.09. The van der Waals surface area contributed by atoms with Crippen LogP contribution in [0.25, 0.3) is 0 Å². The standard InChI is InChI=1S/C19H27NO5/c1-4-23-17(21)13-16-12-15(24-19(2,3)25-16)10-11-20-18(22)14-8-6-5-7-9-14/h5-9,15-16H,4,10-13H2,1-3H3,(H,20,22)/t15-,16-/m1/s1. The second-order valence-electron chi connectivity index (χ2n) is 6.53. The minimum atomic E-state index is -0.760. The SMILES string of the molecule is CCOC(=O)C[C@H]1C[C@@H](CCNC(=O)c2ccccc2)OC(C)(C)O1. The van der Waals surface area contributed by atoms with Crippen molar-refractivity contribution in [2.75, 3.05) is 13.2 Å². The van der Waals surface area contributed by atoms with Crippen LogP contribution in [0.5, 0.6) is 0 Å². The lowest BCUT2D eigenvalue weighted by Gasteiger charge is -2.40. The van der Waals surface area contributed by atoms with Crippen molar-refractivity contribution >= 4 is 11.9 Å². The Morgan fingerprint density at radius 1 is 1.20 bits per heavy atom. The van der Waals surface area contributed by atoms with Gasteiger partial charge in [-0.1, -0.05) is 18.2 Å². The summed E-state index contributed by atoms with van der Waals surface area (Å²) >= 11 is 0. The Bertz CT molecular complexity index is 572. The Morgan fingerprint density at radius 3 is 2.56 bits per heavy atom. The van der Waals surface area contributed by atoms with Crippen LogP contribution in [0.15, 0.2) is 30.3 Å². The Labute approximate surface area is 148 Å². The molecule has 1 amide bonds. The molecule has 25 heavy (non-hydrogen) atoms. The maximum absolute atomic E-state index is 12.1. The predicted molar refractivity (Wildman–Crippen MR) is 93.1 cm³/mol. The normalized spacial score (nSPS) is 22.2. The van der Waals surface area contributed by atoms with Crippen LogP contribution in [0.2, 0.25) is 0 Å². The molecule has 0 aromatic heterocycles. The van der Waals surface area contributed by atoms with Crippen molar-refractivity contribution in [3.63, 3.8) is 0 Å². The molecule has 0 saturated carbocycles. The topological polar surface area (TPSA) is 73.9 Å². The molecule has 6 nitrogen and oxygen atoms in total. The molecule has 1 heterocycles. The fourth-order valence-corrected chi connectivity index (χ4v) is 2.97. The van der Waals surface area contributed by atoms with Gasteiger partial charge in [0.25, 0.3) is 5.91 Å². The molecule has 1 aliphatic rings. The lowest BCUT2D eigenvalue weighted by Crippen LogP contribution is -2.46. The lowest BCUT2D eigenvalue weighted by atomic mass is 10.0. The maximum atomic E-state index is 12.1. The first kappa shape index (κ1) is 19.4. The number of ether oxygens (including phenoxy) is 3. The zero-order chi connectivity index (χ0) is 18.3. The van der Waals surface area contributed by atoms with Crippen LogP contribution >= 0.6 is 0 Å². The molecule has 0 bridgehead atoms. The van der Waals surface area contributed by atoms with Gasteiger partial charge in [-0.05, 0) is 39.3 Å². The van der Waals surface area contributed by atoms with E-state index in [4.69, 9.17) is 14.2 Å². The second-order valence-corrected chi connectivity index (χ2v) is 6.53. The Hall–Kier alpha value is -1.92. The molecule has 0 spiro atoms. The van der Waals surface area contributed by atoms with Gasteiger partial charge in [0.05, 0.1) is 25.2 Å². The van der Waals surface area contributed by atoms with Crippen molar-refractivity contribution in [1.29, 1.82) is 0 Å². The third-order valence-corrected chi connectivity index (χ3v) is 3.91. The minimum absolute atomic E-state index is 0.0840. The van der Waals surface area contributed by atoms with Gasteiger partial charge < -0.3 is 19.5 Å². The van der Waals surface area contributed by atoms with Crippen LogP contribution in [-0.4, -0.2) is 43.0 Å². The quantitative estimate of drug-likeness (QED) is 0.766. The molecule has 6 heteroatoms. The predicted octanol–water partition coefficient (Wildman–Crippen LogP) is 2.67. The molecule has 1 aliphatic heterocycles. The van der Waals surface area contributed by atoms with E-state index in [2.05, 4.69) is 5.32 Å². The van der Waals surface area contributed by atoms with Crippen molar-refractivity contribution in [1.82, 2.24) is 5.32 Å². The summed E-state index contributed by atoms with van der Waals surface area (Å²) in [7, 11) is 0.